The fraction of sp³-hybridized carbons (Fsp3) is 0.714. The molecule has 1 aliphatic rings. The highest BCUT2D eigenvalue weighted by atomic mass is 16.7. The fourth-order valence-corrected chi connectivity index (χ4v) is 1.50. The van der Waals surface area contributed by atoms with Gasteiger partial charge in [0.1, 0.15) is 24.9 Å². The predicted molar refractivity (Wildman–Crippen MR) is 44.2 cm³/mol. The van der Waals surface area contributed by atoms with Crippen LogP contribution in [0, 0.1) is 0 Å². The Bertz CT molecular complexity index is 331. The molecule has 1 saturated heterocycles. The van der Waals surface area contributed by atoms with Crippen LogP contribution in [0.3, 0.4) is 0 Å². The van der Waals surface area contributed by atoms with Gasteiger partial charge in [-0.1, -0.05) is 0 Å². The number of rotatable bonds is 2. The van der Waals surface area contributed by atoms with E-state index in [4.69, 9.17) is 9.84 Å². The zero-order valence-electron chi connectivity index (χ0n) is 7.63. The molecular formula is C7H11N3O5. The number of aromatic nitrogens is 3. The molecule has 84 valence electrons. The fourth-order valence-electron chi connectivity index (χ4n) is 1.50. The minimum absolute atomic E-state index is 0.519. The molecular weight excluding hydrogens is 206 g/mol. The number of aliphatic hydroxyl groups excluding tert-OH is 3. The topological polar surface area (TPSA) is 121 Å². The van der Waals surface area contributed by atoms with Crippen molar-refractivity contribution >= 4 is 0 Å². The van der Waals surface area contributed by atoms with Gasteiger partial charge in [0.25, 0.3) is 5.91 Å². The molecule has 1 aliphatic heterocycles. The molecule has 15 heavy (non-hydrogen) atoms. The van der Waals surface area contributed by atoms with Crippen LogP contribution in [0.4, 0.5) is 0 Å². The van der Waals surface area contributed by atoms with Crippen molar-refractivity contribution in [3.8, 4) is 0 Å². The van der Waals surface area contributed by atoms with Crippen LogP contribution < -0.4 is 0 Å². The van der Waals surface area contributed by atoms with Gasteiger partial charge in [-0.15, -0.1) is 0 Å². The van der Waals surface area contributed by atoms with Crippen molar-refractivity contribution < 1.29 is 25.2 Å². The summed E-state index contributed by atoms with van der Waals surface area (Å²) in [6.45, 7) is -0.519. The van der Waals surface area contributed by atoms with E-state index in [0.717, 1.165) is 17.3 Å². The van der Waals surface area contributed by atoms with Gasteiger partial charge in [0, 0.05) is 0 Å². The third-order valence-electron chi connectivity index (χ3n) is 2.34. The molecule has 1 aromatic heterocycles. The molecule has 8 heteroatoms. The van der Waals surface area contributed by atoms with Gasteiger partial charge in [-0.25, -0.2) is 4.98 Å². The maximum absolute atomic E-state index is 9.91. The van der Waals surface area contributed by atoms with E-state index in [9.17, 15) is 15.3 Å². The van der Waals surface area contributed by atoms with E-state index in [1.165, 1.54) is 0 Å². The average Bonchev–Trinajstić information content (AvgIpc) is 2.82. The predicted octanol–water partition coefficient (Wildman–Crippen LogP) is -3.01. The summed E-state index contributed by atoms with van der Waals surface area (Å²) in [4.78, 5) is 3.58. The van der Waals surface area contributed by atoms with E-state index in [0.29, 0.717) is 0 Å². The van der Waals surface area contributed by atoms with Crippen LogP contribution in [-0.4, -0.2) is 60.1 Å². The van der Waals surface area contributed by atoms with Gasteiger partial charge in [0.2, 0.25) is 0 Å². The lowest BCUT2D eigenvalue weighted by atomic mass is 10.1. The smallest absolute Gasteiger partial charge is 0.300 e. The summed E-state index contributed by atoms with van der Waals surface area (Å²) in [5.74, 6) is -2.19. The van der Waals surface area contributed by atoms with Gasteiger partial charge < -0.3 is 25.2 Å². The first-order valence-corrected chi connectivity index (χ1v) is 4.32. The molecule has 0 aromatic carbocycles. The van der Waals surface area contributed by atoms with E-state index < -0.39 is 30.8 Å². The quantitative estimate of drug-likeness (QED) is 0.416. The zero-order chi connectivity index (χ0) is 11.1. The Hall–Kier alpha value is -1.06. The minimum atomic E-state index is -2.19. The second-order valence-electron chi connectivity index (χ2n) is 3.27. The van der Waals surface area contributed by atoms with Crippen LogP contribution in [0.15, 0.2) is 12.7 Å². The maximum Gasteiger partial charge on any atom is 0.300 e. The maximum atomic E-state index is 9.91. The lowest BCUT2D eigenvalue weighted by Crippen LogP contribution is -2.45. The third-order valence-corrected chi connectivity index (χ3v) is 2.34. The highest BCUT2D eigenvalue weighted by molar-refractivity contribution is 4.92. The Labute approximate surface area is 84.4 Å². The average molecular weight is 217 g/mol. The monoisotopic (exact) mass is 217 g/mol. The SMILES string of the molecule is OC[C@H]1O[C@](O)(n2cncn2)[C@H](O)[C@@H]1O. The van der Waals surface area contributed by atoms with Gasteiger partial charge in [-0.05, 0) is 0 Å². The van der Waals surface area contributed by atoms with Crippen molar-refractivity contribution in [2.45, 2.75) is 24.2 Å². The Morgan fingerprint density at radius 1 is 1.47 bits per heavy atom. The largest absolute Gasteiger partial charge is 0.394 e. The Balaban J connectivity index is 2.30. The summed E-state index contributed by atoms with van der Waals surface area (Å²) < 4.78 is 5.80. The van der Waals surface area contributed by atoms with Gasteiger partial charge >= 0.3 is 0 Å². The molecule has 0 aliphatic carbocycles. The van der Waals surface area contributed by atoms with Gasteiger partial charge in [-0.2, -0.15) is 9.78 Å². The molecule has 1 fully saturated rings. The molecule has 0 saturated carbocycles. The lowest BCUT2D eigenvalue weighted by molar-refractivity contribution is -0.294. The summed E-state index contributed by atoms with van der Waals surface area (Å²) in [7, 11) is 0. The molecule has 2 rings (SSSR count). The second kappa shape index (κ2) is 3.51. The third kappa shape index (κ3) is 1.43. The molecule has 1 aromatic rings. The van der Waals surface area contributed by atoms with E-state index in [-0.39, 0.29) is 0 Å². The molecule has 0 radical (unpaired) electrons. The summed E-state index contributed by atoms with van der Waals surface area (Å²) in [6.07, 6.45) is -1.77. The molecule has 8 nitrogen and oxygen atoms in total. The molecule has 0 amide bonds. The molecule has 0 spiro atoms. The van der Waals surface area contributed by atoms with Gasteiger partial charge in [0.15, 0.2) is 6.10 Å². The van der Waals surface area contributed by atoms with Crippen molar-refractivity contribution in [3.05, 3.63) is 12.7 Å². The molecule has 4 N–H and O–H groups in total. The van der Waals surface area contributed by atoms with Crippen molar-refractivity contribution in [2.24, 2.45) is 0 Å². The Kier molecular flexibility index (Phi) is 2.44. The van der Waals surface area contributed by atoms with Crippen molar-refractivity contribution in [1.82, 2.24) is 14.8 Å². The number of hydrogen-bond donors (Lipinski definition) is 4. The first-order chi connectivity index (χ1) is 7.09. The first kappa shape index (κ1) is 10.5. The molecule has 2 heterocycles. The van der Waals surface area contributed by atoms with Crippen molar-refractivity contribution in [3.63, 3.8) is 0 Å². The van der Waals surface area contributed by atoms with E-state index >= 15 is 0 Å². The highest BCUT2D eigenvalue weighted by Gasteiger charge is 2.55. The minimum Gasteiger partial charge on any atom is -0.394 e. The summed E-state index contributed by atoms with van der Waals surface area (Å²) in [5.41, 5.74) is 0. The van der Waals surface area contributed by atoms with Crippen LogP contribution in [0.1, 0.15) is 0 Å². The molecule has 0 bridgehead atoms. The number of aliphatic hydroxyl groups is 4. The number of hydrogen-bond acceptors (Lipinski definition) is 7. The Morgan fingerprint density at radius 2 is 2.20 bits per heavy atom. The molecule has 4 atom stereocenters. The normalized spacial score (nSPS) is 40.9. The number of ether oxygens (including phenoxy) is 1. The lowest BCUT2D eigenvalue weighted by Gasteiger charge is -2.24. The first-order valence-electron chi connectivity index (χ1n) is 4.32. The van der Waals surface area contributed by atoms with Gasteiger partial charge in [-0.3, -0.25) is 0 Å². The van der Waals surface area contributed by atoms with Gasteiger partial charge in [0.05, 0.1) is 6.61 Å². The zero-order valence-corrected chi connectivity index (χ0v) is 7.63. The second-order valence-corrected chi connectivity index (χ2v) is 3.27. The molecule has 0 unspecified atom stereocenters. The van der Waals surface area contributed by atoms with E-state index in [2.05, 4.69) is 10.1 Å². The highest BCUT2D eigenvalue weighted by Crippen LogP contribution is 2.32. The van der Waals surface area contributed by atoms with Crippen molar-refractivity contribution in [1.29, 1.82) is 0 Å². The summed E-state index contributed by atoms with van der Waals surface area (Å²) in [6, 6.07) is 0. The van der Waals surface area contributed by atoms with Crippen LogP contribution in [-0.2, 0) is 10.6 Å². The van der Waals surface area contributed by atoms with E-state index in [1.807, 2.05) is 0 Å². The summed E-state index contributed by atoms with van der Waals surface area (Å²) in [5, 5.41) is 41.3. The summed E-state index contributed by atoms with van der Waals surface area (Å²) >= 11 is 0. The van der Waals surface area contributed by atoms with E-state index in [1.54, 1.807) is 0 Å². The van der Waals surface area contributed by atoms with Crippen LogP contribution in [0.2, 0.25) is 0 Å². The Morgan fingerprint density at radius 3 is 2.67 bits per heavy atom. The van der Waals surface area contributed by atoms with Crippen molar-refractivity contribution in [2.75, 3.05) is 6.61 Å². The van der Waals surface area contributed by atoms with Crippen LogP contribution in [0.25, 0.3) is 0 Å². The van der Waals surface area contributed by atoms with Crippen LogP contribution in [0.5, 0.6) is 0 Å². The van der Waals surface area contributed by atoms with Crippen LogP contribution >= 0.6 is 0 Å². The number of nitrogens with zero attached hydrogens (tertiary/aromatic N) is 3. The standard InChI is InChI=1S/C7H11N3O5/c11-1-4-5(12)6(13)7(14,15-4)10-3-8-2-9-10/h2-6,11-14H,1H2/t4-,5-,6-,7+/m1/s1.